The zero-order chi connectivity index (χ0) is 11.4. The maximum atomic E-state index is 10.8. The zero-order valence-electron chi connectivity index (χ0n) is 8.84. The number of carboxylic acid groups (broad SMARTS) is 1. The lowest BCUT2D eigenvalue weighted by atomic mass is 10.2. The van der Waals surface area contributed by atoms with Crippen LogP contribution >= 0.6 is 0 Å². The Labute approximate surface area is 87.5 Å². The highest BCUT2D eigenvalue weighted by Gasteiger charge is 2.21. The fraction of sp³-hybridized carbons (Fsp3) is 0.667. The number of hydrogen-bond donors (Lipinski definition) is 2. The van der Waals surface area contributed by atoms with Gasteiger partial charge in [0.1, 0.15) is 0 Å². The third-order valence-corrected chi connectivity index (χ3v) is 2.36. The van der Waals surface area contributed by atoms with Crippen molar-refractivity contribution in [3.8, 4) is 0 Å². The van der Waals surface area contributed by atoms with Crippen LogP contribution in [0.4, 0.5) is 0 Å². The molecule has 1 heterocycles. The van der Waals surface area contributed by atoms with Crippen LogP contribution in [0.25, 0.3) is 0 Å². The highest BCUT2D eigenvalue weighted by atomic mass is 16.4. The summed E-state index contributed by atoms with van der Waals surface area (Å²) >= 11 is 0. The summed E-state index contributed by atoms with van der Waals surface area (Å²) in [7, 11) is 0. The van der Waals surface area contributed by atoms with E-state index in [0.717, 1.165) is 0 Å². The van der Waals surface area contributed by atoms with Gasteiger partial charge in [-0.1, -0.05) is 19.1 Å². The first-order valence-corrected chi connectivity index (χ1v) is 4.93. The van der Waals surface area contributed by atoms with E-state index in [0.29, 0.717) is 18.5 Å². The summed E-state index contributed by atoms with van der Waals surface area (Å²) in [4.78, 5) is 10.8. The molecule has 0 bridgehead atoms. The Morgan fingerprint density at radius 2 is 2.20 bits per heavy atom. The number of aromatic nitrogens is 3. The van der Waals surface area contributed by atoms with Crippen LogP contribution in [0.3, 0.4) is 0 Å². The molecule has 1 rings (SSSR count). The maximum Gasteiger partial charge on any atom is 0.358 e. The summed E-state index contributed by atoms with van der Waals surface area (Å²) in [5.74, 6) is -1.08. The van der Waals surface area contributed by atoms with Crippen LogP contribution in [0.15, 0.2) is 0 Å². The number of carbonyl (C=O) groups is 1. The molecule has 1 aromatic rings. The van der Waals surface area contributed by atoms with Crippen LogP contribution in [0.1, 0.15) is 42.5 Å². The van der Waals surface area contributed by atoms with Crippen molar-refractivity contribution in [3.05, 3.63) is 11.4 Å². The van der Waals surface area contributed by atoms with Crippen molar-refractivity contribution in [1.29, 1.82) is 0 Å². The van der Waals surface area contributed by atoms with Crippen LogP contribution in [-0.4, -0.2) is 37.8 Å². The van der Waals surface area contributed by atoms with E-state index in [-0.39, 0.29) is 18.3 Å². The van der Waals surface area contributed by atoms with Crippen molar-refractivity contribution < 1.29 is 15.0 Å². The van der Waals surface area contributed by atoms with Crippen LogP contribution in [0.5, 0.6) is 0 Å². The van der Waals surface area contributed by atoms with E-state index in [2.05, 4.69) is 10.3 Å². The van der Waals surface area contributed by atoms with Crippen LogP contribution < -0.4 is 0 Å². The Bertz CT molecular complexity index is 344. The molecule has 1 atom stereocenters. The molecule has 6 heteroatoms. The van der Waals surface area contributed by atoms with Crippen molar-refractivity contribution in [2.24, 2.45) is 0 Å². The van der Waals surface area contributed by atoms with E-state index in [1.54, 1.807) is 0 Å². The lowest BCUT2D eigenvalue weighted by Gasteiger charge is -2.13. The molecule has 0 radical (unpaired) electrons. The Morgan fingerprint density at radius 1 is 1.53 bits per heavy atom. The molecular weight excluding hydrogens is 198 g/mol. The smallest absolute Gasteiger partial charge is 0.358 e. The fourth-order valence-electron chi connectivity index (χ4n) is 1.48. The van der Waals surface area contributed by atoms with Crippen molar-refractivity contribution >= 4 is 5.97 Å². The second kappa shape index (κ2) is 4.88. The lowest BCUT2D eigenvalue weighted by Crippen LogP contribution is -2.17. The number of rotatable bonds is 5. The van der Waals surface area contributed by atoms with Gasteiger partial charge < -0.3 is 10.2 Å². The third-order valence-electron chi connectivity index (χ3n) is 2.36. The Kier molecular flexibility index (Phi) is 3.79. The van der Waals surface area contributed by atoms with Gasteiger partial charge in [0.05, 0.1) is 18.3 Å². The number of carboxylic acids is 1. The van der Waals surface area contributed by atoms with Gasteiger partial charge in [0, 0.05) is 0 Å². The van der Waals surface area contributed by atoms with Crippen molar-refractivity contribution in [3.63, 3.8) is 0 Å². The second-order valence-corrected chi connectivity index (χ2v) is 3.23. The van der Waals surface area contributed by atoms with Gasteiger partial charge in [0.2, 0.25) is 0 Å². The SMILES string of the molecule is CCc1c(C(=O)O)nnn1C(CC)CO. The predicted molar refractivity (Wildman–Crippen MR) is 52.8 cm³/mol. The van der Waals surface area contributed by atoms with Crippen LogP contribution in [-0.2, 0) is 6.42 Å². The molecule has 0 aromatic carbocycles. The molecule has 0 saturated carbocycles. The largest absolute Gasteiger partial charge is 0.476 e. The molecule has 0 amide bonds. The number of aliphatic hydroxyl groups is 1. The first-order valence-electron chi connectivity index (χ1n) is 4.93. The average Bonchev–Trinajstić information content (AvgIpc) is 2.63. The number of nitrogens with zero attached hydrogens (tertiary/aromatic N) is 3. The number of hydrogen-bond acceptors (Lipinski definition) is 4. The van der Waals surface area contributed by atoms with E-state index in [1.807, 2.05) is 13.8 Å². The van der Waals surface area contributed by atoms with E-state index in [9.17, 15) is 4.79 Å². The Hall–Kier alpha value is -1.43. The van der Waals surface area contributed by atoms with E-state index < -0.39 is 5.97 Å². The van der Waals surface area contributed by atoms with Gasteiger partial charge in [-0.15, -0.1) is 5.10 Å². The average molecular weight is 213 g/mol. The molecule has 0 aliphatic heterocycles. The van der Waals surface area contributed by atoms with E-state index in [4.69, 9.17) is 10.2 Å². The molecule has 0 aliphatic rings. The summed E-state index contributed by atoms with van der Waals surface area (Å²) in [6.45, 7) is 3.68. The van der Waals surface area contributed by atoms with Crippen LogP contribution in [0.2, 0.25) is 0 Å². The van der Waals surface area contributed by atoms with Crippen molar-refractivity contribution in [2.75, 3.05) is 6.61 Å². The van der Waals surface area contributed by atoms with Crippen LogP contribution in [0, 0.1) is 0 Å². The molecule has 0 fully saturated rings. The molecule has 1 unspecified atom stereocenters. The van der Waals surface area contributed by atoms with E-state index >= 15 is 0 Å². The molecule has 0 spiro atoms. The molecule has 0 saturated heterocycles. The predicted octanol–water partition coefficient (Wildman–Crippen LogP) is 0.482. The first kappa shape index (κ1) is 11.6. The van der Waals surface area contributed by atoms with Gasteiger partial charge in [-0.25, -0.2) is 9.48 Å². The Morgan fingerprint density at radius 3 is 2.60 bits per heavy atom. The summed E-state index contributed by atoms with van der Waals surface area (Å²) in [6, 6.07) is -0.194. The second-order valence-electron chi connectivity index (χ2n) is 3.23. The number of aliphatic hydroxyl groups excluding tert-OH is 1. The Balaban J connectivity index is 3.13. The summed E-state index contributed by atoms with van der Waals surface area (Å²) in [5, 5.41) is 25.4. The molecule has 1 aromatic heterocycles. The van der Waals surface area contributed by atoms with Gasteiger partial charge in [0.25, 0.3) is 0 Å². The highest BCUT2D eigenvalue weighted by molar-refractivity contribution is 5.86. The minimum absolute atomic E-state index is 0.0237. The minimum Gasteiger partial charge on any atom is -0.476 e. The molecule has 84 valence electrons. The number of aromatic carboxylic acids is 1. The standard InChI is InChI=1S/C9H15N3O3/c1-3-6(5-13)12-7(4-2)8(9(14)15)10-11-12/h6,13H,3-5H2,1-2H3,(H,14,15). The van der Waals surface area contributed by atoms with Gasteiger partial charge in [-0.05, 0) is 12.8 Å². The molecule has 6 nitrogen and oxygen atoms in total. The monoisotopic (exact) mass is 213 g/mol. The van der Waals surface area contributed by atoms with Crippen molar-refractivity contribution in [2.45, 2.75) is 32.7 Å². The molecule has 2 N–H and O–H groups in total. The van der Waals surface area contributed by atoms with Gasteiger partial charge >= 0.3 is 5.97 Å². The van der Waals surface area contributed by atoms with Gasteiger partial charge in [-0.3, -0.25) is 0 Å². The third kappa shape index (κ3) is 2.15. The quantitative estimate of drug-likeness (QED) is 0.742. The highest BCUT2D eigenvalue weighted by Crippen LogP contribution is 2.15. The fourth-order valence-corrected chi connectivity index (χ4v) is 1.48. The maximum absolute atomic E-state index is 10.8. The topological polar surface area (TPSA) is 88.2 Å². The van der Waals surface area contributed by atoms with Crippen molar-refractivity contribution in [1.82, 2.24) is 15.0 Å². The molecule has 15 heavy (non-hydrogen) atoms. The minimum atomic E-state index is -1.08. The molecular formula is C9H15N3O3. The summed E-state index contributed by atoms with van der Waals surface area (Å²) in [5.41, 5.74) is 0.535. The van der Waals surface area contributed by atoms with E-state index in [1.165, 1.54) is 4.68 Å². The normalized spacial score (nSPS) is 12.7. The van der Waals surface area contributed by atoms with Gasteiger partial charge in [0.15, 0.2) is 5.69 Å². The molecule has 0 aliphatic carbocycles. The zero-order valence-corrected chi connectivity index (χ0v) is 8.84. The lowest BCUT2D eigenvalue weighted by molar-refractivity contribution is 0.0689. The summed E-state index contributed by atoms with van der Waals surface area (Å²) < 4.78 is 1.50. The van der Waals surface area contributed by atoms with Gasteiger partial charge in [-0.2, -0.15) is 0 Å². The first-order chi connectivity index (χ1) is 7.15. The summed E-state index contributed by atoms with van der Waals surface area (Å²) in [6.07, 6.45) is 1.22.